The van der Waals surface area contributed by atoms with Crippen molar-refractivity contribution in [2.45, 2.75) is 38.0 Å². The third kappa shape index (κ3) is 13.7. The van der Waals surface area contributed by atoms with E-state index in [1.165, 1.54) is 4.88 Å². The molecule has 12 nitrogen and oxygen atoms in total. The summed E-state index contributed by atoms with van der Waals surface area (Å²) in [6.07, 6.45) is -14.3. The van der Waals surface area contributed by atoms with Gasteiger partial charge in [0.15, 0.2) is 5.69 Å². The number of carbonyl (C=O) groups is 4. The number of rotatable bonds is 3. The standard InChI is InChI=1S/C17H23N5OS.3C2HF3O2/c1-20-6-8-22(9-7-20)17(23)16-14-12-21(5-4-15(14)18-19-16)11-13-3-2-10-24-13;3*3-2(4,5)1(6)7/h2-3,10H,4-9,11-12H2,1H3,(H,18,19);3*(H,6,7). The predicted octanol–water partition coefficient (Wildman–Crippen LogP) is 3.32. The van der Waals surface area contributed by atoms with Crippen LogP contribution >= 0.6 is 11.3 Å². The summed E-state index contributed by atoms with van der Waals surface area (Å²) in [5.41, 5.74) is 2.86. The van der Waals surface area contributed by atoms with Gasteiger partial charge in [0.2, 0.25) is 0 Å². The number of carboxylic acid groups (broad SMARTS) is 3. The number of aromatic nitrogens is 2. The molecule has 2 aromatic heterocycles. The van der Waals surface area contributed by atoms with Crippen molar-refractivity contribution in [2.75, 3.05) is 39.8 Å². The van der Waals surface area contributed by atoms with E-state index >= 15 is 0 Å². The molecule has 0 unspecified atom stereocenters. The number of H-pyrrole nitrogens is 1. The number of halogens is 9. The van der Waals surface area contributed by atoms with Gasteiger partial charge in [-0.25, -0.2) is 14.4 Å². The average molecular weight is 688 g/mol. The molecule has 0 radical (unpaired) electrons. The lowest BCUT2D eigenvalue weighted by Crippen LogP contribution is -2.47. The first-order valence-electron chi connectivity index (χ1n) is 12.2. The molecule has 22 heteroatoms. The zero-order chi connectivity index (χ0) is 34.8. The number of alkyl halides is 9. The number of carbonyl (C=O) groups excluding carboxylic acids is 1. The van der Waals surface area contributed by atoms with E-state index in [-0.39, 0.29) is 5.91 Å². The highest BCUT2D eigenvalue weighted by atomic mass is 32.1. The molecule has 0 spiro atoms. The smallest absolute Gasteiger partial charge is 0.475 e. The number of aromatic amines is 1. The number of likely N-dealkylation sites (N-methyl/N-ethyl adjacent to an activating group) is 1. The van der Waals surface area contributed by atoms with Crippen LogP contribution in [0.3, 0.4) is 0 Å². The molecule has 45 heavy (non-hydrogen) atoms. The Morgan fingerprint density at radius 3 is 1.71 bits per heavy atom. The number of amides is 1. The molecule has 4 rings (SSSR count). The highest BCUT2D eigenvalue weighted by Crippen LogP contribution is 2.24. The fourth-order valence-electron chi connectivity index (χ4n) is 3.45. The Morgan fingerprint density at radius 2 is 1.31 bits per heavy atom. The molecule has 1 amide bonds. The summed E-state index contributed by atoms with van der Waals surface area (Å²) in [6, 6.07) is 4.27. The van der Waals surface area contributed by atoms with Crippen LogP contribution in [0, 0.1) is 0 Å². The van der Waals surface area contributed by atoms with E-state index in [0.29, 0.717) is 5.69 Å². The van der Waals surface area contributed by atoms with Gasteiger partial charge in [-0.05, 0) is 18.5 Å². The Morgan fingerprint density at radius 1 is 0.844 bits per heavy atom. The first-order valence-corrected chi connectivity index (χ1v) is 13.1. The molecule has 0 atom stereocenters. The van der Waals surface area contributed by atoms with E-state index in [1.807, 2.05) is 4.90 Å². The van der Waals surface area contributed by atoms with Crippen LogP contribution in [0.15, 0.2) is 17.5 Å². The molecule has 1 fully saturated rings. The van der Waals surface area contributed by atoms with Crippen LogP contribution in [0.2, 0.25) is 0 Å². The van der Waals surface area contributed by atoms with Crippen LogP contribution in [0.25, 0.3) is 0 Å². The maximum absolute atomic E-state index is 12.9. The van der Waals surface area contributed by atoms with Crippen molar-refractivity contribution in [3.8, 4) is 0 Å². The van der Waals surface area contributed by atoms with Crippen molar-refractivity contribution in [1.82, 2.24) is 24.9 Å². The average Bonchev–Trinajstić information content (AvgIpc) is 3.58. The zero-order valence-electron chi connectivity index (χ0n) is 23.0. The monoisotopic (exact) mass is 687 g/mol. The second-order valence-corrected chi connectivity index (χ2v) is 10.1. The fourth-order valence-corrected chi connectivity index (χ4v) is 4.19. The minimum atomic E-state index is -5.08. The molecule has 0 saturated carbocycles. The molecule has 254 valence electrons. The van der Waals surface area contributed by atoms with Crippen molar-refractivity contribution in [2.24, 2.45) is 0 Å². The number of carboxylic acids is 3. The molecule has 0 aromatic carbocycles. The van der Waals surface area contributed by atoms with E-state index in [4.69, 9.17) is 29.7 Å². The van der Waals surface area contributed by atoms with Gasteiger partial charge in [0.25, 0.3) is 5.91 Å². The molecule has 2 aliphatic rings. The predicted molar refractivity (Wildman–Crippen MR) is 135 cm³/mol. The summed E-state index contributed by atoms with van der Waals surface area (Å²) in [5, 5.41) is 31.0. The van der Waals surface area contributed by atoms with Crippen molar-refractivity contribution >= 4 is 35.2 Å². The zero-order valence-corrected chi connectivity index (χ0v) is 23.8. The van der Waals surface area contributed by atoms with Gasteiger partial charge >= 0.3 is 36.4 Å². The maximum atomic E-state index is 12.9. The number of hydrogen-bond acceptors (Lipinski definition) is 8. The molecule has 2 aromatic rings. The Bertz CT molecular complexity index is 1220. The van der Waals surface area contributed by atoms with Gasteiger partial charge in [-0.15, -0.1) is 11.3 Å². The lowest BCUT2D eigenvalue weighted by atomic mass is 10.0. The lowest BCUT2D eigenvalue weighted by molar-refractivity contribution is -0.193. The van der Waals surface area contributed by atoms with Gasteiger partial charge in [-0.3, -0.25) is 14.8 Å². The van der Waals surface area contributed by atoms with Crippen LogP contribution in [0.1, 0.15) is 26.6 Å². The van der Waals surface area contributed by atoms with Crippen LogP contribution in [0.4, 0.5) is 39.5 Å². The quantitative estimate of drug-likeness (QED) is 0.352. The Balaban J connectivity index is 0.000000396. The minimum absolute atomic E-state index is 0.0820. The topological polar surface area (TPSA) is 167 Å². The highest BCUT2D eigenvalue weighted by Gasteiger charge is 2.39. The minimum Gasteiger partial charge on any atom is -0.475 e. The molecule has 0 bridgehead atoms. The number of thiophene rings is 1. The molecule has 0 aliphatic carbocycles. The Hall–Kier alpha value is -3.92. The van der Waals surface area contributed by atoms with Crippen molar-refractivity contribution in [3.63, 3.8) is 0 Å². The number of nitrogens with zero attached hydrogens (tertiary/aromatic N) is 4. The summed E-state index contributed by atoms with van der Waals surface area (Å²) in [6.45, 7) is 6.20. The van der Waals surface area contributed by atoms with Gasteiger partial charge in [-0.2, -0.15) is 44.6 Å². The number of aliphatic carboxylic acids is 3. The first-order chi connectivity index (χ1) is 20.5. The third-order valence-electron chi connectivity index (χ3n) is 5.69. The van der Waals surface area contributed by atoms with Crippen molar-refractivity contribution in [1.29, 1.82) is 0 Å². The number of nitrogens with one attached hydrogen (secondary N) is 1. The second-order valence-electron chi connectivity index (χ2n) is 9.07. The van der Waals surface area contributed by atoms with E-state index < -0.39 is 36.4 Å². The summed E-state index contributed by atoms with van der Waals surface area (Å²) in [4.78, 5) is 47.5. The first kappa shape index (κ1) is 39.1. The van der Waals surface area contributed by atoms with Gasteiger partial charge in [0.05, 0.1) is 0 Å². The van der Waals surface area contributed by atoms with E-state index in [1.54, 1.807) is 11.3 Å². The van der Waals surface area contributed by atoms with E-state index in [2.05, 4.69) is 44.6 Å². The molecule has 1 saturated heterocycles. The third-order valence-corrected chi connectivity index (χ3v) is 6.55. The van der Waals surface area contributed by atoms with E-state index in [9.17, 15) is 44.3 Å². The summed E-state index contributed by atoms with van der Waals surface area (Å²) < 4.78 is 95.2. The van der Waals surface area contributed by atoms with Gasteiger partial charge < -0.3 is 25.1 Å². The second kappa shape index (κ2) is 16.4. The summed E-state index contributed by atoms with van der Waals surface area (Å²) in [5.74, 6) is -8.19. The number of fused-ring (bicyclic) bond motifs is 1. The van der Waals surface area contributed by atoms with Crippen LogP contribution in [-0.4, -0.2) is 122 Å². The normalized spacial score (nSPS) is 15.6. The number of piperazine rings is 1. The van der Waals surface area contributed by atoms with Gasteiger partial charge in [0.1, 0.15) is 0 Å². The SMILES string of the molecule is CN1CCN(C(=O)c2n[nH]c3c2CN(Cc2cccs2)CC3)CC1.O=C(O)C(F)(F)F.O=C(O)C(F)(F)F.O=C(O)C(F)(F)F. The fraction of sp³-hybridized carbons (Fsp3) is 0.522. The van der Waals surface area contributed by atoms with Crippen LogP contribution in [-0.2, 0) is 33.9 Å². The molecule has 2 aliphatic heterocycles. The highest BCUT2D eigenvalue weighted by molar-refractivity contribution is 7.09. The molecule has 4 N–H and O–H groups in total. The van der Waals surface area contributed by atoms with Gasteiger partial charge in [-0.1, -0.05) is 6.07 Å². The van der Waals surface area contributed by atoms with Crippen molar-refractivity contribution in [3.05, 3.63) is 39.3 Å². The Labute approximate surface area is 251 Å². The lowest BCUT2D eigenvalue weighted by Gasteiger charge is -2.32. The number of hydrogen-bond donors (Lipinski definition) is 4. The summed E-state index contributed by atoms with van der Waals surface area (Å²) in [7, 11) is 2.10. The maximum Gasteiger partial charge on any atom is 0.490 e. The Kier molecular flexibility index (Phi) is 14.3. The van der Waals surface area contributed by atoms with E-state index in [0.717, 1.165) is 63.5 Å². The van der Waals surface area contributed by atoms with Crippen LogP contribution in [0.5, 0.6) is 0 Å². The largest absolute Gasteiger partial charge is 0.490 e. The van der Waals surface area contributed by atoms with Crippen LogP contribution < -0.4 is 0 Å². The molecule has 4 heterocycles. The molecular weight excluding hydrogens is 661 g/mol. The van der Waals surface area contributed by atoms with Crippen molar-refractivity contribution < 1.29 is 74.0 Å². The molecular formula is C23H26F9N5O7S. The summed E-state index contributed by atoms with van der Waals surface area (Å²) >= 11 is 1.79. The van der Waals surface area contributed by atoms with Gasteiger partial charge in [0, 0.05) is 68.4 Å².